The summed E-state index contributed by atoms with van der Waals surface area (Å²) in [6.45, 7) is 2.18. The minimum Gasteiger partial charge on any atom is -0.250 e. The Labute approximate surface area is 119 Å². The van der Waals surface area contributed by atoms with Crippen molar-refractivity contribution >= 4 is 0 Å². The highest BCUT2D eigenvalue weighted by Gasteiger charge is 2.37. The maximum atomic E-state index is 13.5. The van der Waals surface area contributed by atoms with Crippen LogP contribution in [0.1, 0.15) is 90.4 Å². The number of unbranched alkanes of at least 4 members (excludes halogenated alkanes) is 2. The van der Waals surface area contributed by atoms with Gasteiger partial charge in [-0.15, -0.1) is 0 Å². The summed E-state index contributed by atoms with van der Waals surface area (Å²) < 4.78 is 13.5. The first kappa shape index (κ1) is 15.3. The zero-order valence-corrected chi connectivity index (χ0v) is 12.9. The molecule has 0 aromatic carbocycles. The van der Waals surface area contributed by atoms with Gasteiger partial charge in [-0.1, -0.05) is 58.3 Å². The van der Waals surface area contributed by atoms with Gasteiger partial charge in [-0.3, -0.25) is 4.39 Å². The van der Waals surface area contributed by atoms with Crippen LogP contribution in [0.25, 0.3) is 0 Å². The van der Waals surface area contributed by atoms with Crippen LogP contribution in [-0.4, -0.2) is 6.67 Å². The first-order valence-corrected chi connectivity index (χ1v) is 8.85. The van der Waals surface area contributed by atoms with Crippen LogP contribution >= 0.6 is 0 Å². The lowest BCUT2D eigenvalue weighted by Gasteiger charge is -2.42. The number of hydrogen-bond acceptors (Lipinski definition) is 0. The Balaban J connectivity index is 1.78. The highest BCUT2D eigenvalue weighted by molar-refractivity contribution is 4.88. The summed E-state index contributed by atoms with van der Waals surface area (Å²) in [7, 11) is 0. The van der Waals surface area contributed by atoms with Crippen molar-refractivity contribution in [2.75, 3.05) is 6.67 Å². The van der Waals surface area contributed by atoms with E-state index in [4.69, 9.17) is 0 Å². The topological polar surface area (TPSA) is 0 Å². The molecule has 0 aromatic rings. The fourth-order valence-electron chi connectivity index (χ4n) is 4.53. The molecule has 0 heterocycles. The molecule has 0 aliphatic heterocycles. The van der Waals surface area contributed by atoms with Gasteiger partial charge in [-0.2, -0.15) is 0 Å². The van der Waals surface area contributed by atoms with Gasteiger partial charge in [0.15, 0.2) is 0 Å². The number of alkyl halides is 1. The summed E-state index contributed by atoms with van der Waals surface area (Å²) in [6, 6.07) is 0. The molecular weight excluding hydrogens is 235 g/mol. The first-order chi connectivity index (χ1) is 9.29. The third-order valence-electron chi connectivity index (χ3n) is 6.00. The van der Waals surface area contributed by atoms with E-state index >= 15 is 0 Å². The molecular formula is C18H33F. The fourth-order valence-corrected chi connectivity index (χ4v) is 4.53. The van der Waals surface area contributed by atoms with Crippen molar-refractivity contribution in [2.45, 2.75) is 90.4 Å². The van der Waals surface area contributed by atoms with Crippen molar-refractivity contribution < 1.29 is 4.39 Å². The van der Waals surface area contributed by atoms with Gasteiger partial charge in [-0.25, -0.2) is 0 Å². The summed E-state index contributed by atoms with van der Waals surface area (Å²) >= 11 is 0. The van der Waals surface area contributed by atoms with Crippen molar-refractivity contribution in [1.82, 2.24) is 0 Å². The van der Waals surface area contributed by atoms with Crippen LogP contribution in [0.15, 0.2) is 0 Å². The fraction of sp³-hybridized carbons (Fsp3) is 1.00. The molecule has 2 saturated carbocycles. The van der Waals surface area contributed by atoms with Crippen LogP contribution in [-0.2, 0) is 0 Å². The number of rotatable bonds is 6. The highest BCUT2D eigenvalue weighted by atomic mass is 19.1. The maximum Gasteiger partial charge on any atom is 0.0950 e. The molecule has 0 unspecified atom stereocenters. The Kier molecular flexibility index (Phi) is 6.16. The van der Waals surface area contributed by atoms with Gasteiger partial charge < -0.3 is 0 Å². The number of halogens is 1. The van der Waals surface area contributed by atoms with Gasteiger partial charge in [0.25, 0.3) is 0 Å². The molecule has 0 amide bonds. The predicted molar refractivity (Wildman–Crippen MR) is 81.1 cm³/mol. The molecule has 112 valence electrons. The van der Waals surface area contributed by atoms with Gasteiger partial charge in [0.1, 0.15) is 0 Å². The molecule has 0 N–H and O–H groups in total. The van der Waals surface area contributed by atoms with E-state index < -0.39 is 0 Å². The van der Waals surface area contributed by atoms with Crippen molar-refractivity contribution in [3.8, 4) is 0 Å². The van der Waals surface area contributed by atoms with Crippen LogP contribution in [0.5, 0.6) is 0 Å². The summed E-state index contributed by atoms with van der Waals surface area (Å²) in [5.74, 6) is 1.92. The Morgan fingerprint density at radius 3 is 2.11 bits per heavy atom. The van der Waals surface area contributed by atoms with Gasteiger partial charge in [0, 0.05) is 0 Å². The third-order valence-corrected chi connectivity index (χ3v) is 6.00. The average molecular weight is 268 g/mol. The van der Waals surface area contributed by atoms with Crippen molar-refractivity contribution in [2.24, 2.45) is 17.3 Å². The van der Waals surface area contributed by atoms with Gasteiger partial charge in [0.2, 0.25) is 0 Å². The lowest BCUT2D eigenvalue weighted by molar-refractivity contribution is 0.0678. The SMILES string of the molecule is CCCCC[C@]1(CF)CC[C@@H](C2CCCCC2)CC1. The second-order valence-electron chi connectivity index (χ2n) is 7.33. The first-order valence-electron chi connectivity index (χ1n) is 8.85. The second kappa shape index (κ2) is 7.64. The normalized spacial score (nSPS) is 33.5. The molecule has 0 saturated heterocycles. The molecule has 0 bridgehead atoms. The molecule has 19 heavy (non-hydrogen) atoms. The molecule has 0 atom stereocenters. The zero-order valence-electron chi connectivity index (χ0n) is 12.9. The molecule has 0 radical (unpaired) electrons. The minimum atomic E-state index is -0.0614. The largest absolute Gasteiger partial charge is 0.250 e. The molecule has 2 fully saturated rings. The molecule has 1 heteroatoms. The third kappa shape index (κ3) is 4.20. The van der Waals surface area contributed by atoms with E-state index in [0.717, 1.165) is 18.3 Å². The van der Waals surface area contributed by atoms with E-state index in [9.17, 15) is 4.39 Å². The Bertz CT molecular complexity index is 234. The second-order valence-corrected chi connectivity index (χ2v) is 7.33. The van der Waals surface area contributed by atoms with Crippen LogP contribution < -0.4 is 0 Å². The minimum absolute atomic E-state index is 0.0614. The van der Waals surface area contributed by atoms with Crippen LogP contribution in [0.4, 0.5) is 4.39 Å². The lowest BCUT2D eigenvalue weighted by atomic mass is 9.64. The predicted octanol–water partition coefficient (Wildman–Crippen LogP) is 6.29. The Hall–Kier alpha value is -0.0700. The Morgan fingerprint density at radius 2 is 1.53 bits per heavy atom. The van der Waals surface area contributed by atoms with E-state index in [2.05, 4.69) is 6.92 Å². The molecule has 2 aliphatic rings. The average Bonchev–Trinajstić information content (AvgIpc) is 2.49. The maximum absolute atomic E-state index is 13.5. The smallest absolute Gasteiger partial charge is 0.0950 e. The molecule has 0 spiro atoms. The monoisotopic (exact) mass is 268 g/mol. The molecule has 2 rings (SSSR count). The van der Waals surface area contributed by atoms with Gasteiger partial charge >= 0.3 is 0 Å². The summed E-state index contributed by atoms with van der Waals surface area (Å²) in [4.78, 5) is 0. The van der Waals surface area contributed by atoms with Crippen LogP contribution in [0.2, 0.25) is 0 Å². The summed E-state index contributed by atoms with van der Waals surface area (Å²) in [5, 5.41) is 0. The quantitative estimate of drug-likeness (QED) is 0.496. The summed E-state index contributed by atoms with van der Waals surface area (Å²) in [6.07, 6.45) is 17.2. The standard InChI is InChI=1S/C18H33F/c1-2-3-7-12-18(15-19)13-10-17(11-14-18)16-8-5-4-6-9-16/h16-17H,2-15H2,1H3/t17-,18+. The number of hydrogen-bond donors (Lipinski definition) is 0. The molecule has 0 nitrogen and oxygen atoms in total. The van der Waals surface area contributed by atoms with Gasteiger partial charge in [-0.05, 0) is 49.4 Å². The van der Waals surface area contributed by atoms with E-state index in [-0.39, 0.29) is 12.1 Å². The van der Waals surface area contributed by atoms with Crippen molar-refractivity contribution in [1.29, 1.82) is 0 Å². The van der Waals surface area contributed by atoms with Crippen LogP contribution in [0.3, 0.4) is 0 Å². The van der Waals surface area contributed by atoms with Gasteiger partial charge in [0.05, 0.1) is 6.67 Å². The van der Waals surface area contributed by atoms with E-state index in [1.807, 2.05) is 0 Å². The lowest BCUT2D eigenvalue weighted by Crippen LogP contribution is -2.32. The van der Waals surface area contributed by atoms with Crippen LogP contribution in [0, 0.1) is 17.3 Å². The highest BCUT2D eigenvalue weighted by Crippen LogP contribution is 2.47. The van der Waals surface area contributed by atoms with E-state index in [1.54, 1.807) is 0 Å². The van der Waals surface area contributed by atoms with Crippen molar-refractivity contribution in [3.05, 3.63) is 0 Å². The zero-order chi connectivity index (χ0) is 13.6. The van der Waals surface area contributed by atoms with E-state index in [0.29, 0.717) is 0 Å². The molecule has 2 aliphatic carbocycles. The van der Waals surface area contributed by atoms with E-state index in [1.165, 1.54) is 77.0 Å². The molecule has 0 aromatic heterocycles. The summed E-state index contributed by atoms with van der Waals surface area (Å²) in [5.41, 5.74) is 0.0837. The van der Waals surface area contributed by atoms with Crippen molar-refractivity contribution in [3.63, 3.8) is 0 Å². The Morgan fingerprint density at radius 1 is 0.895 bits per heavy atom.